The Hall–Kier alpha value is -2.15. The van der Waals surface area contributed by atoms with Crippen LogP contribution in [0.2, 0.25) is 0 Å². The van der Waals surface area contributed by atoms with Crippen molar-refractivity contribution in [2.45, 2.75) is 0 Å². The molecule has 0 aliphatic heterocycles. The molecule has 7 heteroatoms. The first-order chi connectivity index (χ1) is 7.75. The average Bonchev–Trinajstić information content (AvgIpc) is 2.77. The zero-order chi connectivity index (χ0) is 11.1. The number of phenols is 2. The van der Waals surface area contributed by atoms with Gasteiger partial charge in [0.2, 0.25) is 4.96 Å². The first-order valence-electron chi connectivity index (χ1n) is 4.44. The van der Waals surface area contributed by atoms with Crippen molar-refractivity contribution in [3.8, 4) is 22.1 Å². The largest absolute Gasteiger partial charge is 0.507 e. The maximum Gasteiger partial charge on any atom is 0.234 e. The third kappa shape index (κ3) is 1.22. The lowest BCUT2D eigenvalue weighted by Crippen LogP contribution is -1.83. The first kappa shape index (κ1) is 9.10. The molecule has 0 saturated carbocycles. The fraction of sp³-hybridized carbons (Fsp3) is 0. The van der Waals surface area contributed by atoms with E-state index in [4.69, 9.17) is 0 Å². The molecule has 0 spiro atoms. The van der Waals surface area contributed by atoms with Crippen LogP contribution in [0, 0.1) is 0 Å². The van der Waals surface area contributed by atoms with Crippen molar-refractivity contribution in [1.29, 1.82) is 0 Å². The van der Waals surface area contributed by atoms with Gasteiger partial charge in [-0.3, -0.25) is 0 Å². The van der Waals surface area contributed by atoms with Gasteiger partial charge in [-0.1, -0.05) is 17.4 Å². The Bertz CT molecular complexity index is 612. The molecule has 2 heterocycles. The van der Waals surface area contributed by atoms with Crippen LogP contribution in [0.4, 0.5) is 0 Å². The standard InChI is InChI=1S/C9H6N4O2S/c14-5-2-1-3-6(15)7(5)8-12-13-4-10-11-9(13)16-8/h1-4,14-15H. The molecular weight excluding hydrogens is 228 g/mol. The molecule has 0 radical (unpaired) electrons. The summed E-state index contributed by atoms with van der Waals surface area (Å²) in [6.07, 6.45) is 1.46. The lowest BCUT2D eigenvalue weighted by atomic mass is 10.2. The van der Waals surface area contributed by atoms with Crippen LogP contribution in [0.3, 0.4) is 0 Å². The minimum absolute atomic E-state index is 0.00929. The quantitative estimate of drug-likeness (QED) is 0.662. The highest BCUT2D eigenvalue weighted by molar-refractivity contribution is 7.19. The summed E-state index contributed by atoms with van der Waals surface area (Å²) in [5.41, 5.74) is 0.318. The number of aromatic hydroxyl groups is 2. The van der Waals surface area contributed by atoms with Gasteiger partial charge in [-0.2, -0.15) is 9.61 Å². The Kier molecular flexibility index (Phi) is 1.80. The molecule has 2 N–H and O–H groups in total. The predicted octanol–water partition coefficient (Wildman–Crippen LogP) is 1.26. The van der Waals surface area contributed by atoms with Crippen LogP contribution in [-0.2, 0) is 0 Å². The number of aromatic nitrogens is 4. The molecule has 16 heavy (non-hydrogen) atoms. The van der Waals surface area contributed by atoms with E-state index in [0.717, 1.165) is 0 Å². The average molecular weight is 234 g/mol. The number of hydrogen-bond acceptors (Lipinski definition) is 6. The number of nitrogens with zero attached hydrogens (tertiary/aromatic N) is 4. The fourth-order valence-electron chi connectivity index (χ4n) is 1.41. The van der Waals surface area contributed by atoms with Crippen molar-refractivity contribution in [1.82, 2.24) is 19.8 Å². The van der Waals surface area contributed by atoms with Gasteiger partial charge in [-0.25, -0.2) is 0 Å². The van der Waals surface area contributed by atoms with Crippen molar-refractivity contribution in [2.24, 2.45) is 0 Å². The number of rotatable bonds is 1. The fourth-order valence-corrected chi connectivity index (χ4v) is 2.29. The second-order valence-electron chi connectivity index (χ2n) is 3.14. The highest BCUT2D eigenvalue weighted by atomic mass is 32.1. The Balaban J connectivity index is 2.26. The van der Waals surface area contributed by atoms with Crippen molar-refractivity contribution in [3.05, 3.63) is 24.5 Å². The van der Waals surface area contributed by atoms with Gasteiger partial charge in [0.1, 0.15) is 17.8 Å². The topological polar surface area (TPSA) is 83.5 Å². The summed E-state index contributed by atoms with van der Waals surface area (Å²) in [6, 6.07) is 4.56. The molecule has 2 aromatic heterocycles. The Morgan fingerprint density at radius 1 is 1.19 bits per heavy atom. The summed E-state index contributed by atoms with van der Waals surface area (Å²) in [5.74, 6) is -0.0186. The minimum Gasteiger partial charge on any atom is -0.507 e. The smallest absolute Gasteiger partial charge is 0.234 e. The Morgan fingerprint density at radius 3 is 2.62 bits per heavy atom. The number of fused-ring (bicyclic) bond motifs is 1. The molecule has 1 aromatic carbocycles. The van der Waals surface area contributed by atoms with Crippen molar-refractivity contribution >= 4 is 16.3 Å². The van der Waals surface area contributed by atoms with E-state index in [2.05, 4.69) is 15.3 Å². The maximum atomic E-state index is 9.67. The zero-order valence-electron chi connectivity index (χ0n) is 7.90. The van der Waals surface area contributed by atoms with Gasteiger partial charge in [0.05, 0.1) is 5.56 Å². The second-order valence-corrected chi connectivity index (χ2v) is 4.09. The molecule has 3 rings (SSSR count). The summed E-state index contributed by atoms with van der Waals surface area (Å²) in [4.78, 5) is 0.609. The third-order valence-electron chi connectivity index (χ3n) is 2.12. The normalized spacial score (nSPS) is 11.0. The van der Waals surface area contributed by atoms with Gasteiger partial charge in [-0.05, 0) is 12.1 Å². The molecule has 0 aliphatic rings. The Labute approximate surface area is 93.4 Å². The molecule has 0 unspecified atom stereocenters. The molecule has 0 aliphatic carbocycles. The van der Waals surface area contributed by atoms with E-state index in [1.807, 2.05) is 0 Å². The van der Waals surface area contributed by atoms with Gasteiger partial charge in [0.15, 0.2) is 5.01 Å². The van der Waals surface area contributed by atoms with Crippen molar-refractivity contribution in [3.63, 3.8) is 0 Å². The SMILES string of the molecule is Oc1cccc(O)c1-c1nn2cnnc2s1. The lowest BCUT2D eigenvalue weighted by molar-refractivity contribution is 0.454. The van der Waals surface area contributed by atoms with E-state index in [9.17, 15) is 10.2 Å². The summed E-state index contributed by atoms with van der Waals surface area (Å²) >= 11 is 1.24. The molecule has 0 bridgehead atoms. The molecule has 0 saturated heterocycles. The van der Waals surface area contributed by atoms with Gasteiger partial charge in [-0.15, -0.1) is 10.2 Å². The van der Waals surface area contributed by atoms with Crippen LogP contribution in [0.5, 0.6) is 11.5 Å². The number of hydrogen-bond donors (Lipinski definition) is 2. The molecule has 0 atom stereocenters. The first-order valence-corrected chi connectivity index (χ1v) is 5.25. The van der Waals surface area contributed by atoms with Crippen LogP contribution < -0.4 is 0 Å². The molecule has 6 nitrogen and oxygen atoms in total. The van der Waals surface area contributed by atoms with Crippen molar-refractivity contribution in [2.75, 3.05) is 0 Å². The van der Waals surface area contributed by atoms with Crippen LogP contribution in [0.1, 0.15) is 0 Å². The molecule has 80 valence electrons. The Morgan fingerprint density at radius 2 is 1.94 bits per heavy atom. The zero-order valence-corrected chi connectivity index (χ0v) is 8.72. The molecule has 0 fully saturated rings. The van der Waals surface area contributed by atoms with Crippen LogP contribution >= 0.6 is 11.3 Å². The van der Waals surface area contributed by atoms with E-state index in [0.29, 0.717) is 15.5 Å². The number of benzene rings is 1. The lowest BCUT2D eigenvalue weighted by Gasteiger charge is -2.01. The van der Waals surface area contributed by atoms with Crippen molar-refractivity contribution < 1.29 is 10.2 Å². The van der Waals surface area contributed by atoms with Gasteiger partial charge < -0.3 is 10.2 Å². The monoisotopic (exact) mass is 234 g/mol. The van der Waals surface area contributed by atoms with E-state index in [1.54, 1.807) is 6.07 Å². The molecule has 3 aromatic rings. The second kappa shape index (κ2) is 3.17. The highest BCUT2D eigenvalue weighted by Crippen LogP contribution is 2.38. The number of phenolic OH excluding ortho intramolecular Hbond substituents is 2. The summed E-state index contributed by atoms with van der Waals surface area (Å²) in [7, 11) is 0. The molecular formula is C9H6N4O2S. The molecule has 0 amide bonds. The van der Waals surface area contributed by atoms with E-state index < -0.39 is 0 Å². The highest BCUT2D eigenvalue weighted by Gasteiger charge is 2.15. The van der Waals surface area contributed by atoms with E-state index in [1.165, 1.54) is 34.3 Å². The summed E-state index contributed by atoms with van der Waals surface area (Å²) < 4.78 is 1.49. The van der Waals surface area contributed by atoms with E-state index >= 15 is 0 Å². The summed E-state index contributed by atoms with van der Waals surface area (Å²) in [6.45, 7) is 0. The van der Waals surface area contributed by atoms with Gasteiger partial charge >= 0.3 is 0 Å². The van der Waals surface area contributed by atoms with Crippen LogP contribution in [-0.4, -0.2) is 30.0 Å². The minimum atomic E-state index is -0.00929. The van der Waals surface area contributed by atoms with E-state index in [-0.39, 0.29) is 11.5 Å². The van der Waals surface area contributed by atoms with Crippen LogP contribution in [0.25, 0.3) is 15.5 Å². The third-order valence-corrected chi connectivity index (χ3v) is 3.05. The summed E-state index contributed by atoms with van der Waals surface area (Å²) in [5, 5.41) is 31.5. The van der Waals surface area contributed by atoms with Gasteiger partial charge in [0, 0.05) is 0 Å². The van der Waals surface area contributed by atoms with Gasteiger partial charge in [0.25, 0.3) is 0 Å². The van der Waals surface area contributed by atoms with Crippen LogP contribution in [0.15, 0.2) is 24.5 Å². The maximum absolute atomic E-state index is 9.67. The predicted molar refractivity (Wildman–Crippen MR) is 57.4 cm³/mol.